The Labute approximate surface area is 144 Å². The number of hydrogen-bond donors (Lipinski definition) is 2. The van der Waals surface area contributed by atoms with Crippen molar-refractivity contribution in [1.82, 2.24) is 4.90 Å². The van der Waals surface area contributed by atoms with E-state index in [0.29, 0.717) is 31.6 Å². The highest BCUT2D eigenvalue weighted by Gasteiger charge is 2.28. The van der Waals surface area contributed by atoms with Gasteiger partial charge in [0.2, 0.25) is 5.91 Å². The van der Waals surface area contributed by atoms with Crippen LogP contribution in [0.25, 0.3) is 0 Å². The molecule has 1 aromatic heterocycles. The molecule has 2 amide bonds. The van der Waals surface area contributed by atoms with Crippen LogP contribution < -0.4 is 5.32 Å². The number of likely N-dealkylation sites (tertiary alicyclic amines) is 1. The quantitative estimate of drug-likeness (QED) is 0.840. The van der Waals surface area contributed by atoms with Gasteiger partial charge in [-0.2, -0.15) is 0 Å². The van der Waals surface area contributed by atoms with Crippen LogP contribution in [0.1, 0.15) is 28.1 Å². The van der Waals surface area contributed by atoms with Crippen molar-refractivity contribution >= 4 is 28.8 Å². The summed E-state index contributed by atoms with van der Waals surface area (Å²) in [5.41, 5.74) is 1.37. The summed E-state index contributed by atoms with van der Waals surface area (Å²) in [6, 6.07) is 8.87. The van der Waals surface area contributed by atoms with Crippen molar-refractivity contribution in [2.24, 2.45) is 5.92 Å². The predicted octanol–water partition coefficient (Wildman–Crippen LogP) is 3.25. The Kier molecular flexibility index (Phi) is 4.85. The maximum absolute atomic E-state index is 12.4. The fourth-order valence-corrected chi connectivity index (χ4v) is 3.57. The van der Waals surface area contributed by atoms with Gasteiger partial charge in [0, 0.05) is 19.0 Å². The Bertz CT molecular complexity index is 735. The molecule has 0 saturated carbocycles. The molecule has 2 heterocycles. The number of carbonyl (C=O) groups excluding carboxylic acids is 2. The molecule has 1 saturated heterocycles. The molecular formula is C18H20N2O3S. The second-order valence-electron chi connectivity index (χ2n) is 6.05. The van der Waals surface area contributed by atoms with Gasteiger partial charge in [-0.15, -0.1) is 11.3 Å². The van der Waals surface area contributed by atoms with Gasteiger partial charge in [0.15, 0.2) is 0 Å². The van der Waals surface area contributed by atoms with Crippen LogP contribution in [0.4, 0.5) is 5.69 Å². The molecule has 2 N–H and O–H groups in total. The first-order chi connectivity index (χ1) is 11.5. The molecule has 0 spiro atoms. The van der Waals surface area contributed by atoms with Gasteiger partial charge in [-0.25, -0.2) is 0 Å². The first kappa shape index (κ1) is 16.5. The number of hydrogen-bond acceptors (Lipinski definition) is 4. The van der Waals surface area contributed by atoms with Crippen LogP contribution in [0.3, 0.4) is 0 Å². The fraction of sp³-hybridized carbons (Fsp3) is 0.333. The average Bonchev–Trinajstić information content (AvgIpc) is 3.11. The van der Waals surface area contributed by atoms with Crippen molar-refractivity contribution in [1.29, 1.82) is 0 Å². The smallest absolute Gasteiger partial charge is 0.263 e. The minimum absolute atomic E-state index is 0.0417. The number of aromatic hydroxyl groups is 1. The predicted molar refractivity (Wildman–Crippen MR) is 94.4 cm³/mol. The molecule has 0 bridgehead atoms. The largest absolute Gasteiger partial charge is 0.506 e. The van der Waals surface area contributed by atoms with Crippen LogP contribution in [0, 0.1) is 12.8 Å². The Balaban J connectivity index is 1.56. The Morgan fingerprint density at radius 2 is 2.00 bits per heavy atom. The molecule has 5 nitrogen and oxygen atoms in total. The number of rotatable bonds is 3. The monoisotopic (exact) mass is 344 g/mol. The third kappa shape index (κ3) is 3.59. The Hall–Kier alpha value is -2.34. The molecular weight excluding hydrogens is 324 g/mol. The molecule has 3 rings (SSSR count). The van der Waals surface area contributed by atoms with Crippen LogP contribution in [0.2, 0.25) is 0 Å². The first-order valence-electron chi connectivity index (χ1n) is 7.98. The summed E-state index contributed by atoms with van der Waals surface area (Å²) in [5, 5.41) is 14.6. The zero-order chi connectivity index (χ0) is 17.1. The van der Waals surface area contributed by atoms with E-state index >= 15 is 0 Å². The molecule has 24 heavy (non-hydrogen) atoms. The molecule has 0 radical (unpaired) electrons. The SMILES string of the molecule is Cc1ccc(NC(=O)C2CCN(C(=O)c3cccs3)CC2)c(O)c1. The zero-order valence-corrected chi connectivity index (χ0v) is 14.3. The number of carbonyl (C=O) groups is 2. The first-order valence-corrected chi connectivity index (χ1v) is 8.86. The van der Waals surface area contributed by atoms with Crippen molar-refractivity contribution in [3.63, 3.8) is 0 Å². The van der Waals surface area contributed by atoms with Crippen molar-refractivity contribution in [3.05, 3.63) is 46.2 Å². The average molecular weight is 344 g/mol. The molecule has 1 fully saturated rings. The van der Waals surface area contributed by atoms with Gasteiger partial charge in [-0.1, -0.05) is 12.1 Å². The highest BCUT2D eigenvalue weighted by Crippen LogP contribution is 2.26. The van der Waals surface area contributed by atoms with E-state index in [-0.39, 0.29) is 23.5 Å². The molecule has 1 aromatic carbocycles. The standard InChI is InChI=1S/C18H20N2O3S/c1-12-4-5-14(15(21)11-12)19-17(22)13-6-8-20(9-7-13)18(23)16-3-2-10-24-16/h2-5,10-11,13,21H,6-9H2,1H3,(H,19,22). The van der Waals surface area contributed by atoms with E-state index < -0.39 is 0 Å². The number of benzene rings is 1. The highest BCUT2D eigenvalue weighted by atomic mass is 32.1. The minimum atomic E-state index is -0.141. The molecule has 126 valence electrons. The number of aryl methyl sites for hydroxylation is 1. The fourth-order valence-electron chi connectivity index (χ4n) is 2.88. The lowest BCUT2D eigenvalue weighted by Crippen LogP contribution is -2.41. The van der Waals surface area contributed by atoms with Gasteiger partial charge < -0.3 is 15.3 Å². The van der Waals surface area contributed by atoms with Gasteiger partial charge in [0.25, 0.3) is 5.91 Å². The molecule has 6 heteroatoms. The van der Waals surface area contributed by atoms with Gasteiger partial charge in [-0.3, -0.25) is 9.59 Å². The van der Waals surface area contributed by atoms with E-state index in [4.69, 9.17) is 0 Å². The minimum Gasteiger partial charge on any atom is -0.506 e. The molecule has 1 aliphatic heterocycles. The Morgan fingerprint density at radius 1 is 1.25 bits per heavy atom. The van der Waals surface area contributed by atoms with Crippen LogP contribution in [0.15, 0.2) is 35.7 Å². The maximum Gasteiger partial charge on any atom is 0.263 e. The highest BCUT2D eigenvalue weighted by molar-refractivity contribution is 7.12. The Morgan fingerprint density at radius 3 is 2.62 bits per heavy atom. The normalized spacial score (nSPS) is 15.3. The number of phenols is 1. The molecule has 0 atom stereocenters. The van der Waals surface area contributed by atoms with Crippen molar-refractivity contribution in [2.45, 2.75) is 19.8 Å². The second kappa shape index (κ2) is 7.05. The van der Waals surface area contributed by atoms with Crippen molar-refractivity contribution < 1.29 is 14.7 Å². The molecule has 0 aliphatic carbocycles. The molecule has 0 unspecified atom stereocenters. The van der Waals surface area contributed by atoms with Crippen LogP contribution in [-0.4, -0.2) is 34.9 Å². The number of piperidine rings is 1. The number of thiophene rings is 1. The van der Waals surface area contributed by atoms with Crippen molar-refractivity contribution in [3.8, 4) is 5.75 Å². The summed E-state index contributed by atoms with van der Waals surface area (Å²) >= 11 is 1.44. The summed E-state index contributed by atoms with van der Waals surface area (Å²) in [6.07, 6.45) is 1.27. The van der Waals surface area contributed by atoms with E-state index in [9.17, 15) is 14.7 Å². The van der Waals surface area contributed by atoms with Crippen LogP contribution in [0.5, 0.6) is 5.75 Å². The second-order valence-corrected chi connectivity index (χ2v) is 7.00. The van der Waals surface area contributed by atoms with E-state index in [1.807, 2.05) is 30.5 Å². The van der Waals surface area contributed by atoms with Gasteiger partial charge in [0.05, 0.1) is 10.6 Å². The van der Waals surface area contributed by atoms with Crippen molar-refractivity contribution in [2.75, 3.05) is 18.4 Å². The third-order valence-corrected chi connectivity index (χ3v) is 5.15. The van der Waals surface area contributed by atoms with E-state index in [0.717, 1.165) is 10.4 Å². The van der Waals surface area contributed by atoms with Crippen LogP contribution in [-0.2, 0) is 4.79 Å². The lowest BCUT2D eigenvalue weighted by atomic mass is 9.95. The number of phenolic OH excluding ortho intramolecular Hbond substituents is 1. The summed E-state index contributed by atoms with van der Waals surface area (Å²) in [4.78, 5) is 27.2. The third-order valence-electron chi connectivity index (χ3n) is 4.30. The summed E-state index contributed by atoms with van der Waals surface area (Å²) < 4.78 is 0. The summed E-state index contributed by atoms with van der Waals surface area (Å²) in [6.45, 7) is 3.04. The number of amides is 2. The topological polar surface area (TPSA) is 69.6 Å². The lowest BCUT2D eigenvalue weighted by molar-refractivity contribution is -0.121. The zero-order valence-electron chi connectivity index (χ0n) is 13.5. The molecule has 1 aliphatic rings. The van der Waals surface area contributed by atoms with Gasteiger partial charge in [0.1, 0.15) is 5.75 Å². The number of nitrogens with zero attached hydrogens (tertiary/aromatic N) is 1. The van der Waals surface area contributed by atoms with Gasteiger partial charge >= 0.3 is 0 Å². The van der Waals surface area contributed by atoms with E-state index in [1.165, 1.54) is 11.3 Å². The summed E-state index contributed by atoms with van der Waals surface area (Å²) in [7, 11) is 0. The maximum atomic E-state index is 12.4. The van der Waals surface area contributed by atoms with E-state index in [2.05, 4.69) is 5.32 Å². The van der Waals surface area contributed by atoms with E-state index in [1.54, 1.807) is 17.0 Å². The van der Waals surface area contributed by atoms with Gasteiger partial charge in [-0.05, 0) is 48.9 Å². The molecule has 2 aromatic rings. The number of anilines is 1. The summed E-state index contributed by atoms with van der Waals surface area (Å²) in [5.74, 6) is -0.121. The lowest BCUT2D eigenvalue weighted by Gasteiger charge is -2.31. The van der Waals surface area contributed by atoms with Crippen LogP contribution >= 0.6 is 11.3 Å². The number of nitrogens with one attached hydrogen (secondary N) is 1.